The lowest BCUT2D eigenvalue weighted by atomic mass is 9.41. The highest BCUT2D eigenvalue weighted by molar-refractivity contribution is 5.86. The molecule has 0 aromatic carbocycles. The highest BCUT2D eigenvalue weighted by Gasteiger charge is 2.67. The standard InChI is InChI=1S/C27H44O5/c1-6-17-20-13-16(28)11-12-26(20,3)21-14-22(29)27(4)18(15(2)7-10-23(30)32-5)8-9-19(27)24(21)25(17)31/h15-22,24,28-29H,6-14H2,1-5H3/t15-,16-,17+,18-,19+,20+,21+,22+,24+,26+,27-/m1/s1. The van der Waals surface area contributed by atoms with Gasteiger partial charge in [0.25, 0.3) is 0 Å². The number of ether oxygens (including phenoxy) is 1. The third-order valence-electron chi connectivity index (χ3n) is 11.0. The summed E-state index contributed by atoms with van der Waals surface area (Å²) in [5, 5.41) is 22.0. The molecule has 2 N–H and O–H groups in total. The molecule has 0 aromatic rings. The average Bonchev–Trinajstić information content (AvgIpc) is 3.12. The van der Waals surface area contributed by atoms with Gasteiger partial charge in [-0.25, -0.2) is 0 Å². The lowest BCUT2D eigenvalue weighted by Crippen LogP contribution is -2.63. The maximum Gasteiger partial charge on any atom is 0.305 e. The van der Waals surface area contributed by atoms with E-state index >= 15 is 0 Å². The molecule has 0 amide bonds. The van der Waals surface area contributed by atoms with Crippen molar-refractivity contribution >= 4 is 11.8 Å². The first-order valence-electron chi connectivity index (χ1n) is 13.1. The topological polar surface area (TPSA) is 83.8 Å². The molecule has 32 heavy (non-hydrogen) atoms. The number of rotatable bonds is 5. The summed E-state index contributed by atoms with van der Waals surface area (Å²) in [6.07, 6.45) is 6.53. The van der Waals surface area contributed by atoms with E-state index in [2.05, 4.69) is 27.7 Å². The molecule has 4 fully saturated rings. The molecule has 0 bridgehead atoms. The zero-order valence-electron chi connectivity index (χ0n) is 20.7. The summed E-state index contributed by atoms with van der Waals surface area (Å²) < 4.78 is 4.84. The highest BCUT2D eigenvalue weighted by atomic mass is 16.5. The number of carbonyl (C=O) groups excluding carboxylic acids is 2. The number of esters is 1. The van der Waals surface area contributed by atoms with Gasteiger partial charge in [-0.3, -0.25) is 9.59 Å². The molecule has 0 saturated heterocycles. The van der Waals surface area contributed by atoms with Crippen LogP contribution in [0.4, 0.5) is 0 Å². The van der Waals surface area contributed by atoms with Crippen LogP contribution in [-0.2, 0) is 14.3 Å². The Bertz CT molecular complexity index is 736. The molecule has 5 heteroatoms. The first-order valence-corrected chi connectivity index (χ1v) is 13.1. The van der Waals surface area contributed by atoms with Gasteiger partial charge >= 0.3 is 5.97 Å². The van der Waals surface area contributed by atoms with Gasteiger partial charge in [-0.15, -0.1) is 0 Å². The number of aliphatic hydroxyl groups excluding tert-OH is 2. The minimum Gasteiger partial charge on any atom is -0.469 e. The number of Topliss-reactive ketones (excluding diaryl/α,β-unsaturated/α-hetero) is 1. The second-order valence-electron chi connectivity index (χ2n) is 12.1. The normalized spacial score (nSPS) is 49.0. The van der Waals surface area contributed by atoms with E-state index in [1.54, 1.807) is 0 Å². The smallest absolute Gasteiger partial charge is 0.305 e. The molecule has 4 saturated carbocycles. The first-order chi connectivity index (χ1) is 15.1. The third kappa shape index (κ3) is 3.48. The van der Waals surface area contributed by atoms with Crippen LogP contribution in [0.25, 0.3) is 0 Å². The summed E-state index contributed by atoms with van der Waals surface area (Å²) >= 11 is 0. The lowest BCUT2D eigenvalue weighted by Gasteiger charge is -2.63. The third-order valence-corrected chi connectivity index (χ3v) is 11.0. The van der Waals surface area contributed by atoms with E-state index < -0.39 is 6.10 Å². The van der Waals surface area contributed by atoms with Crippen molar-refractivity contribution in [3.63, 3.8) is 0 Å². The molecule has 4 aliphatic rings. The van der Waals surface area contributed by atoms with E-state index in [4.69, 9.17) is 4.74 Å². The zero-order valence-corrected chi connectivity index (χ0v) is 20.7. The summed E-state index contributed by atoms with van der Waals surface area (Å²) in [7, 11) is 1.43. The van der Waals surface area contributed by atoms with Crippen molar-refractivity contribution in [1.82, 2.24) is 0 Å². The van der Waals surface area contributed by atoms with Gasteiger partial charge in [0.1, 0.15) is 5.78 Å². The molecule has 0 aliphatic heterocycles. The van der Waals surface area contributed by atoms with Gasteiger partial charge in [0, 0.05) is 23.7 Å². The highest BCUT2D eigenvalue weighted by Crippen LogP contribution is 2.68. The largest absolute Gasteiger partial charge is 0.469 e. The quantitative estimate of drug-likeness (QED) is 0.610. The predicted octanol–water partition coefficient (Wildman–Crippen LogP) is 4.38. The Kier molecular flexibility index (Phi) is 6.57. The van der Waals surface area contributed by atoms with Crippen molar-refractivity contribution < 1.29 is 24.5 Å². The van der Waals surface area contributed by atoms with E-state index in [-0.39, 0.29) is 52.5 Å². The van der Waals surface area contributed by atoms with Crippen LogP contribution in [0.1, 0.15) is 85.5 Å². The molecule has 4 aliphatic carbocycles. The summed E-state index contributed by atoms with van der Waals surface area (Å²) in [6.45, 7) is 8.93. The van der Waals surface area contributed by atoms with Crippen molar-refractivity contribution in [3.8, 4) is 0 Å². The number of hydrogen-bond acceptors (Lipinski definition) is 5. The van der Waals surface area contributed by atoms with E-state index in [1.807, 2.05) is 0 Å². The fraction of sp³-hybridized carbons (Fsp3) is 0.926. The number of methoxy groups -OCH3 is 1. The van der Waals surface area contributed by atoms with Gasteiger partial charge in [0.05, 0.1) is 19.3 Å². The Morgan fingerprint density at radius 3 is 2.50 bits per heavy atom. The van der Waals surface area contributed by atoms with E-state index in [1.165, 1.54) is 7.11 Å². The Morgan fingerprint density at radius 2 is 1.84 bits per heavy atom. The molecule has 0 spiro atoms. The molecule has 0 aromatic heterocycles. The van der Waals surface area contributed by atoms with Crippen molar-refractivity contribution in [1.29, 1.82) is 0 Å². The molecule has 0 radical (unpaired) electrons. The summed E-state index contributed by atoms with van der Waals surface area (Å²) in [5.41, 5.74) is -0.253. The van der Waals surface area contributed by atoms with Crippen LogP contribution in [0.15, 0.2) is 0 Å². The Hall–Kier alpha value is -0.940. The molecular formula is C27H44O5. The van der Waals surface area contributed by atoms with Crippen LogP contribution >= 0.6 is 0 Å². The fourth-order valence-corrected chi connectivity index (χ4v) is 9.22. The van der Waals surface area contributed by atoms with Crippen LogP contribution < -0.4 is 0 Å². The van der Waals surface area contributed by atoms with Crippen molar-refractivity contribution in [2.45, 2.75) is 97.7 Å². The predicted molar refractivity (Wildman–Crippen MR) is 123 cm³/mol. The van der Waals surface area contributed by atoms with Gasteiger partial charge in [0.15, 0.2) is 0 Å². The molecule has 5 nitrogen and oxygen atoms in total. The summed E-state index contributed by atoms with van der Waals surface area (Å²) in [4.78, 5) is 25.7. The number of ketones is 1. The molecule has 11 atom stereocenters. The Morgan fingerprint density at radius 1 is 1.12 bits per heavy atom. The van der Waals surface area contributed by atoms with Crippen LogP contribution in [0.5, 0.6) is 0 Å². The van der Waals surface area contributed by atoms with Crippen molar-refractivity contribution in [2.24, 2.45) is 52.3 Å². The fourth-order valence-electron chi connectivity index (χ4n) is 9.22. The second-order valence-corrected chi connectivity index (χ2v) is 12.1. The van der Waals surface area contributed by atoms with Gasteiger partial charge in [-0.05, 0) is 86.4 Å². The van der Waals surface area contributed by atoms with Crippen LogP contribution in [0.3, 0.4) is 0 Å². The number of carbonyl (C=O) groups is 2. The van der Waals surface area contributed by atoms with Crippen LogP contribution in [0.2, 0.25) is 0 Å². The monoisotopic (exact) mass is 448 g/mol. The Labute approximate surface area is 193 Å². The minimum absolute atomic E-state index is 0.0232. The molecule has 0 unspecified atom stereocenters. The Balaban J connectivity index is 1.64. The van der Waals surface area contributed by atoms with Gasteiger partial charge < -0.3 is 14.9 Å². The van der Waals surface area contributed by atoms with Gasteiger partial charge in [-0.2, -0.15) is 0 Å². The van der Waals surface area contributed by atoms with E-state index in [0.717, 1.165) is 44.9 Å². The van der Waals surface area contributed by atoms with Crippen molar-refractivity contribution in [3.05, 3.63) is 0 Å². The lowest BCUT2D eigenvalue weighted by molar-refractivity contribution is -0.192. The van der Waals surface area contributed by atoms with Crippen LogP contribution in [-0.4, -0.2) is 41.3 Å². The number of aliphatic hydroxyl groups is 2. The zero-order chi connectivity index (χ0) is 23.4. The number of fused-ring (bicyclic) bond motifs is 5. The van der Waals surface area contributed by atoms with E-state index in [0.29, 0.717) is 30.5 Å². The summed E-state index contributed by atoms with van der Waals surface area (Å²) in [6, 6.07) is 0. The minimum atomic E-state index is -0.419. The molecular weight excluding hydrogens is 404 g/mol. The van der Waals surface area contributed by atoms with Gasteiger partial charge in [0.2, 0.25) is 0 Å². The SMILES string of the molecule is CC[C@@H]1C(=O)[C@@H]2[C@H](C[C@H](O)[C@]3(C)[C@@H]([C@H](C)CCC(=O)OC)CC[C@@H]23)[C@@]2(C)CC[C@@H](O)C[C@@H]12. The first kappa shape index (κ1) is 24.2. The van der Waals surface area contributed by atoms with E-state index in [9.17, 15) is 19.8 Å². The van der Waals surface area contributed by atoms with Gasteiger partial charge in [-0.1, -0.05) is 27.7 Å². The van der Waals surface area contributed by atoms with Crippen molar-refractivity contribution in [2.75, 3.05) is 7.11 Å². The van der Waals surface area contributed by atoms with Crippen LogP contribution in [0, 0.1) is 52.3 Å². The maximum atomic E-state index is 14.0. The average molecular weight is 449 g/mol. The number of hydrogen-bond donors (Lipinski definition) is 2. The maximum absolute atomic E-state index is 14.0. The molecule has 182 valence electrons. The molecule has 4 rings (SSSR count). The molecule has 0 heterocycles. The summed E-state index contributed by atoms with van der Waals surface area (Å²) in [5.74, 6) is 1.60. The second kappa shape index (κ2) is 8.69.